The van der Waals surface area contributed by atoms with E-state index in [1.165, 1.54) is 16.9 Å². The van der Waals surface area contributed by atoms with E-state index < -0.39 is 5.97 Å². The lowest BCUT2D eigenvalue weighted by atomic mass is 10.3. The number of aromatic carboxylic acids is 1. The van der Waals surface area contributed by atoms with Crippen LogP contribution in [0.25, 0.3) is 5.69 Å². The van der Waals surface area contributed by atoms with Crippen LogP contribution in [0.1, 0.15) is 16.2 Å². The second-order valence-corrected chi connectivity index (χ2v) is 4.27. The van der Waals surface area contributed by atoms with Gasteiger partial charge in [0.15, 0.2) is 0 Å². The summed E-state index contributed by atoms with van der Waals surface area (Å²) in [6.07, 6.45) is 3.31. The number of nitrogens with zero attached hydrogens (tertiary/aromatic N) is 4. The highest BCUT2D eigenvalue weighted by atomic mass is 16.4. The summed E-state index contributed by atoms with van der Waals surface area (Å²) in [5.74, 6) is -0.995. The zero-order chi connectivity index (χ0) is 13.9. The second kappa shape index (κ2) is 5.00. The van der Waals surface area contributed by atoms with Crippen LogP contribution in [-0.2, 0) is 6.54 Å². The highest BCUT2D eigenvalue weighted by Crippen LogP contribution is 2.09. The van der Waals surface area contributed by atoms with E-state index in [0.717, 1.165) is 11.4 Å². The number of aromatic nitrogens is 4. The Morgan fingerprint density at radius 2 is 1.95 bits per heavy atom. The smallest absolute Gasteiger partial charge is 0.354 e. The lowest BCUT2D eigenvalue weighted by Gasteiger charge is -2.02. The Hall–Kier alpha value is -2.89. The summed E-state index contributed by atoms with van der Waals surface area (Å²) < 4.78 is 3.17. The minimum Gasteiger partial charge on any atom is -0.477 e. The van der Waals surface area contributed by atoms with E-state index >= 15 is 0 Å². The van der Waals surface area contributed by atoms with E-state index in [1.807, 2.05) is 42.6 Å². The standard InChI is InChI=1S/C14H12N4O2/c19-14(20)13-6-8-15-18(13)10-11-7-9-17(16-11)12-4-2-1-3-5-12/h1-9H,10H2,(H,19,20). The van der Waals surface area contributed by atoms with Gasteiger partial charge in [-0.15, -0.1) is 0 Å². The van der Waals surface area contributed by atoms with Gasteiger partial charge in [0.25, 0.3) is 0 Å². The molecule has 0 aliphatic rings. The molecule has 0 bridgehead atoms. The van der Waals surface area contributed by atoms with Crippen LogP contribution in [0.3, 0.4) is 0 Å². The van der Waals surface area contributed by atoms with Crippen molar-refractivity contribution in [1.29, 1.82) is 0 Å². The summed E-state index contributed by atoms with van der Waals surface area (Å²) in [5.41, 5.74) is 1.86. The van der Waals surface area contributed by atoms with Gasteiger partial charge in [0, 0.05) is 12.4 Å². The van der Waals surface area contributed by atoms with Gasteiger partial charge in [0.2, 0.25) is 0 Å². The summed E-state index contributed by atoms with van der Waals surface area (Å²) in [6, 6.07) is 13.0. The summed E-state index contributed by atoms with van der Waals surface area (Å²) >= 11 is 0. The molecule has 0 aliphatic carbocycles. The Bertz CT molecular complexity index is 730. The van der Waals surface area contributed by atoms with Crippen LogP contribution in [0.4, 0.5) is 0 Å². The molecule has 0 unspecified atom stereocenters. The minimum absolute atomic E-state index is 0.152. The first-order chi connectivity index (χ1) is 9.74. The van der Waals surface area contributed by atoms with Crippen LogP contribution < -0.4 is 0 Å². The van der Waals surface area contributed by atoms with Gasteiger partial charge >= 0.3 is 5.97 Å². The molecule has 0 spiro atoms. The number of carboxylic acid groups (broad SMARTS) is 1. The number of para-hydroxylation sites is 1. The maximum absolute atomic E-state index is 11.0. The maximum Gasteiger partial charge on any atom is 0.354 e. The van der Waals surface area contributed by atoms with Crippen LogP contribution in [-0.4, -0.2) is 30.6 Å². The third-order valence-corrected chi connectivity index (χ3v) is 2.91. The van der Waals surface area contributed by atoms with E-state index in [4.69, 9.17) is 5.11 Å². The van der Waals surface area contributed by atoms with Gasteiger partial charge in [-0.1, -0.05) is 18.2 Å². The molecular weight excluding hydrogens is 256 g/mol. The molecule has 0 saturated heterocycles. The summed E-state index contributed by atoms with van der Waals surface area (Å²) in [7, 11) is 0. The maximum atomic E-state index is 11.0. The molecule has 100 valence electrons. The molecule has 1 aromatic carbocycles. The number of rotatable bonds is 4. The topological polar surface area (TPSA) is 72.9 Å². The molecule has 0 fully saturated rings. The molecule has 3 aromatic rings. The molecule has 2 aromatic heterocycles. The molecule has 0 radical (unpaired) electrons. The predicted molar refractivity (Wildman–Crippen MR) is 71.9 cm³/mol. The van der Waals surface area contributed by atoms with E-state index in [9.17, 15) is 4.79 Å². The fourth-order valence-electron chi connectivity index (χ4n) is 1.96. The molecule has 3 rings (SSSR count). The Kier molecular flexibility index (Phi) is 3.04. The van der Waals surface area contributed by atoms with Crippen LogP contribution in [0.2, 0.25) is 0 Å². The van der Waals surface area contributed by atoms with Crippen molar-refractivity contribution in [2.45, 2.75) is 6.54 Å². The van der Waals surface area contributed by atoms with Gasteiger partial charge in [-0.05, 0) is 24.3 Å². The van der Waals surface area contributed by atoms with Crippen molar-refractivity contribution >= 4 is 5.97 Å². The molecule has 0 saturated carbocycles. The van der Waals surface area contributed by atoms with Crippen molar-refractivity contribution in [2.75, 3.05) is 0 Å². The highest BCUT2D eigenvalue weighted by Gasteiger charge is 2.11. The Labute approximate surface area is 114 Å². The van der Waals surface area contributed by atoms with Gasteiger partial charge in [0.1, 0.15) is 5.69 Å². The Balaban J connectivity index is 1.84. The SMILES string of the molecule is O=C(O)c1ccnn1Cc1ccn(-c2ccccc2)n1. The van der Waals surface area contributed by atoms with Gasteiger partial charge in [-0.25, -0.2) is 9.48 Å². The average Bonchev–Trinajstić information content (AvgIpc) is 3.09. The van der Waals surface area contributed by atoms with Crippen LogP contribution >= 0.6 is 0 Å². The minimum atomic E-state index is -0.995. The van der Waals surface area contributed by atoms with Crippen molar-refractivity contribution in [2.24, 2.45) is 0 Å². The predicted octanol–water partition coefficient (Wildman–Crippen LogP) is 1.82. The molecule has 2 heterocycles. The molecule has 6 nitrogen and oxygen atoms in total. The van der Waals surface area contributed by atoms with Gasteiger partial charge in [0.05, 0.1) is 17.9 Å². The largest absolute Gasteiger partial charge is 0.477 e. The Morgan fingerprint density at radius 1 is 1.15 bits per heavy atom. The van der Waals surface area contributed by atoms with Gasteiger partial charge < -0.3 is 5.11 Å². The first-order valence-corrected chi connectivity index (χ1v) is 6.09. The monoisotopic (exact) mass is 268 g/mol. The average molecular weight is 268 g/mol. The molecule has 0 amide bonds. The van der Waals surface area contributed by atoms with Crippen molar-refractivity contribution in [3.63, 3.8) is 0 Å². The number of hydrogen-bond donors (Lipinski definition) is 1. The van der Waals surface area contributed by atoms with Crippen molar-refractivity contribution in [3.05, 3.63) is 66.2 Å². The van der Waals surface area contributed by atoms with Gasteiger partial charge in [-0.2, -0.15) is 10.2 Å². The third-order valence-electron chi connectivity index (χ3n) is 2.91. The van der Waals surface area contributed by atoms with E-state index in [0.29, 0.717) is 6.54 Å². The lowest BCUT2D eigenvalue weighted by molar-refractivity contribution is 0.0684. The lowest BCUT2D eigenvalue weighted by Crippen LogP contribution is -2.11. The first-order valence-electron chi connectivity index (χ1n) is 6.09. The number of hydrogen-bond acceptors (Lipinski definition) is 3. The van der Waals surface area contributed by atoms with Gasteiger partial charge in [-0.3, -0.25) is 4.68 Å². The van der Waals surface area contributed by atoms with Crippen molar-refractivity contribution in [3.8, 4) is 5.69 Å². The number of benzene rings is 1. The third kappa shape index (κ3) is 2.31. The van der Waals surface area contributed by atoms with Crippen molar-refractivity contribution in [1.82, 2.24) is 19.6 Å². The van der Waals surface area contributed by atoms with Crippen LogP contribution in [0, 0.1) is 0 Å². The second-order valence-electron chi connectivity index (χ2n) is 4.27. The molecule has 20 heavy (non-hydrogen) atoms. The summed E-state index contributed by atoms with van der Waals surface area (Å²) in [4.78, 5) is 11.0. The normalized spacial score (nSPS) is 10.6. The quantitative estimate of drug-likeness (QED) is 0.783. The van der Waals surface area contributed by atoms with E-state index in [1.54, 1.807) is 4.68 Å². The zero-order valence-electron chi connectivity index (χ0n) is 10.5. The molecule has 1 N–H and O–H groups in total. The van der Waals surface area contributed by atoms with Crippen LogP contribution in [0.5, 0.6) is 0 Å². The summed E-state index contributed by atoms with van der Waals surface area (Å²) in [6.45, 7) is 0.328. The Morgan fingerprint density at radius 3 is 2.70 bits per heavy atom. The van der Waals surface area contributed by atoms with E-state index in [2.05, 4.69) is 10.2 Å². The highest BCUT2D eigenvalue weighted by molar-refractivity contribution is 5.85. The number of carbonyl (C=O) groups is 1. The fraction of sp³-hybridized carbons (Fsp3) is 0.0714. The van der Waals surface area contributed by atoms with E-state index in [-0.39, 0.29) is 5.69 Å². The molecular formula is C14H12N4O2. The number of carboxylic acids is 1. The summed E-state index contributed by atoms with van der Waals surface area (Å²) in [5, 5.41) is 17.4. The first kappa shape index (κ1) is 12.2. The van der Waals surface area contributed by atoms with Crippen molar-refractivity contribution < 1.29 is 9.90 Å². The fourth-order valence-corrected chi connectivity index (χ4v) is 1.96. The zero-order valence-corrected chi connectivity index (χ0v) is 10.5. The van der Waals surface area contributed by atoms with Crippen LogP contribution in [0.15, 0.2) is 54.9 Å². The molecule has 6 heteroatoms. The molecule has 0 aliphatic heterocycles. The molecule has 0 atom stereocenters.